The van der Waals surface area contributed by atoms with Crippen LogP contribution in [0.3, 0.4) is 0 Å². The number of anilines is 3. The number of benzene rings is 11. The molecule has 13 rings (SSSR count). The van der Waals surface area contributed by atoms with Crippen LogP contribution in [0.1, 0.15) is 22.3 Å². The van der Waals surface area contributed by atoms with Crippen molar-refractivity contribution in [2.45, 2.75) is 15.2 Å². The minimum atomic E-state index is -2.71. The monoisotopic (exact) mass is 925 g/mol. The van der Waals surface area contributed by atoms with Gasteiger partial charge in [-0.2, -0.15) is 0 Å². The molecule has 0 saturated carbocycles. The fourth-order valence-electron chi connectivity index (χ4n) is 11.7. The summed E-state index contributed by atoms with van der Waals surface area (Å²) in [6.07, 6.45) is 0. The summed E-state index contributed by atoms with van der Waals surface area (Å²) in [5, 5.41) is 5.69. The molecule has 2 aliphatic rings. The van der Waals surface area contributed by atoms with E-state index in [-0.39, 0.29) is 0 Å². The molecule has 3 heteroatoms. The molecule has 0 atom stereocenters. The average Bonchev–Trinajstić information content (AvgIpc) is 3.74. The number of hydrogen-bond acceptors (Lipinski definition) is 2. The second-order valence-corrected chi connectivity index (χ2v) is 23.1. The van der Waals surface area contributed by atoms with Gasteiger partial charge in [0.2, 0.25) is 0 Å². The van der Waals surface area contributed by atoms with E-state index in [1.54, 1.807) is 0 Å². The number of nitrogens with zero attached hydrogens (tertiary/aromatic N) is 1. The molecule has 0 amide bonds. The van der Waals surface area contributed by atoms with Gasteiger partial charge in [0.25, 0.3) is 0 Å². The Morgan fingerprint density at radius 2 is 0.771 bits per heavy atom. The highest BCUT2D eigenvalue weighted by molar-refractivity contribution is 8.00. The smallest absolute Gasteiger partial charge is 0.181 e. The first-order valence-electron chi connectivity index (χ1n) is 24.2. The molecule has 330 valence electrons. The van der Waals surface area contributed by atoms with Crippen LogP contribution < -0.4 is 25.6 Å². The molecule has 0 fully saturated rings. The minimum Gasteiger partial charge on any atom is -0.310 e. The topological polar surface area (TPSA) is 3.24 Å². The maximum Gasteiger partial charge on any atom is 0.181 e. The molecule has 11 aromatic carbocycles. The third-order valence-electron chi connectivity index (χ3n) is 14.7. The predicted octanol–water partition coefficient (Wildman–Crippen LogP) is 14.7. The summed E-state index contributed by atoms with van der Waals surface area (Å²) in [5.41, 5.74) is 15.3. The Bertz CT molecular complexity index is 3570. The molecule has 70 heavy (non-hydrogen) atoms. The number of fused-ring (bicyclic) bond motifs is 5. The van der Waals surface area contributed by atoms with Gasteiger partial charge in [-0.25, -0.2) is 0 Å². The lowest BCUT2D eigenvalue weighted by Gasteiger charge is -2.40. The molecule has 1 aliphatic carbocycles. The Morgan fingerprint density at radius 1 is 0.314 bits per heavy atom. The van der Waals surface area contributed by atoms with E-state index < -0.39 is 13.5 Å². The van der Waals surface area contributed by atoms with E-state index in [2.05, 4.69) is 290 Å². The standard InChI is InChI=1S/C67H47NSSi/c1-6-21-48(22-7-1)49-37-41-53(42-38-49)68(55-45-46-60-59-31-16-17-33-61(59)67(62(60)47-55,51-23-8-2-9-24-51)52-25-10-3-11-26-52)54-43-39-50(40-44-54)58-32-20-36-65-66(58)69-63-34-18-19-35-64(63)70(65,56-27-12-4-13-28-56)57-29-14-5-15-30-57/h1-47H. The van der Waals surface area contributed by atoms with Crippen molar-refractivity contribution in [3.63, 3.8) is 0 Å². The van der Waals surface area contributed by atoms with Gasteiger partial charge in [-0.1, -0.05) is 254 Å². The van der Waals surface area contributed by atoms with Gasteiger partial charge in [-0.15, -0.1) is 0 Å². The lowest BCUT2D eigenvalue weighted by atomic mass is 9.67. The van der Waals surface area contributed by atoms with Crippen LogP contribution in [0.25, 0.3) is 33.4 Å². The van der Waals surface area contributed by atoms with Crippen molar-refractivity contribution in [3.8, 4) is 33.4 Å². The summed E-state index contributed by atoms with van der Waals surface area (Å²) < 4.78 is 0. The zero-order chi connectivity index (χ0) is 46.5. The number of rotatable bonds is 9. The second kappa shape index (κ2) is 17.4. The van der Waals surface area contributed by atoms with Crippen molar-refractivity contribution in [1.29, 1.82) is 0 Å². The first-order valence-corrected chi connectivity index (χ1v) is 27.0. The third-order valence-corrected chi connectivity index (χ3v) is 21.2. The first-order chi connectivity index (χ1) is 34.7. The lowest BCUT2D eigenvalue weighted by Crippen LogP contribution is -2.76. The molecular formula is C67H47NSSi. The van der Waals surface area contributed by atoms with Crippen LogP contribution in [0, 0.1) is 0 Å². The molecule has 0 unspecified atom stereocenters. The van der Waals surface area contributed by atoms with Gasteiger partial charge in [-0.3, -0.25) is 0 Å². The van der Waals surface area contributed by atoms with Crippen molar-refractivity contribution in [2.75, 3.05) is 4.90 Å². The van der Waals surface area contributed by atoms with Crippen LogP contribution in [0.2, 0.25) is 0 Å². The predicted molar refractivity (Wildman–Crippen MR) is 297 cm³/mol. The highest BCUT2D eigenvalue weighted by Gasteiger charge is 2.48. The van der Waals surface area contributed by atoms with Gasteiger partial charge < -0.3 is 4.90 Å². The Kier molecular flexibility index (Phi) is 10.4. The van der Waals surface area contributed by atoms with E-state index in [0.717, 1.165) is 17.1 Å². The molecular weight excluding hydrogens is 879 g/mol. The van der Waals surface area contributed by atoms with Crippen molar-refractivity contribution in [2.24, 2.45) is 0 Å². The summed E-state index contributed by atoms with van der Waals surface area (Å²) in [6, 6.07) is 106. The van der Waals surface area contributed by atoms with E-state index in [0.29, 0.717) is 0 Å². The Balaban J connectivity index is 0.986. The molecule has 0 aromatic heterocycles. The van der Waals surface area contributed by atoms with E-state index in [1.165, 1.54) is 86.2 Å². The molecule has 0 N–H and O–H groups in total. The van der Waals surface area contributed by atoms with E-state index in [1.807, 2.05) is 11.8 Å². The summed E-state index contributed by atoms with van der Waals surface area (Å²) in [5.74, 6) is 0. The van der Waals surface area contributed by atoms with Crippen LogP contribution >= 0.6 is 11.8 Å². The summed E-state index contributed by atoms with van der Waals surface area (Å²) >= 11 is 1.93. The Morgan fingerprint density at radius 3 is 1.40 bits per heavy atom. The quantitative estimate of drug-likeness (QED) is 0.133. The van der Waals surface area contributed by atoms with Crippen LogP contribution in [0.5, 0.6) is 0 Å². The molecule has 11 aromatic rings. The van der Waals surface area contributed by atoms with Crippen molar-refractivity contribution in [3.05, 3.63) is 307 Å². The van der Waals surface area contributed by atoms with Gasteiger partial charge >= 0.3 is 0 Å². The van der Waals surface area contributed by atoms with E-state index in [4.69, 9.17) is 0 Å². The number of hydrogen-bond donors (Lipinski definition) is 0. The van der Waals surface area contributed by atoms with Crippen LogP contribution in [0.4, 0.5) is 17.1 Å². The molecule has 1 heterocycles. The molecule has 0 bridgehead atoms. The summed E-state index contributed by atoms with van der Waals surface area (Å²) in [4.78, 5) is 5.12. The molecule has 1 aliphatic heterocycles. The molecule has 0 saturated heterocycles. The van der Waals surface area contributed by atoms with Gasteiger partial charge in [0.1, 0.15) is 0 Å². The normalized spacial score (nSPS) is 13.6. The summed E-state index contributed by atoms with van der Waals surface area (Å²) in [7, 11) is -2.71. The summed E-state index contributed by atoms with van der Waals surface area (Å²) in [6.45, 7) is 0. The third kappa shape index (κ3) is 6.61. The van der Waals surface area contributed by atoms with E-state index >= 15 is 0 Å². The fraction of sp³-hybridized carbons (Fsp3) is 0.0149. The molecule has 0 spiro atoms. The Labute approximate surface area is 416 Å². The maximum atomic E-state index is 2.47. The SMILES string of the molecule is c1ccc(-c2ccc(N(c3ccc(-c4cccc5c4Sc4ccccc4[Si]5(c4ccccc4)c4ccccc4)cc3)c3ccc4c(c3)C(c3ccccc3)(c3ccccc3)c3ccccc3-4)cc2)cc1. The van der Waals surface area contributed by atoms with Crippen molar-refractivity contribution < 1.29 is 0 Å². The highest BCUT2D eigenvalue weighted by atomic mass is 32.2. The Hall–Kier alpha value is -8.21. The van der Waals surface area contributed by atoms with Gasteiger partial charge in [-0.05, 0) is 119 Å². The zero-order valence-electron chi connectivity index (χ0n) is 38.5. The second-order valence-electron chi connectivity index (χ2n) is 18.3. The van der Waals surface area contributed by atoms with Gasteiger partial charge in [0.05, 0.1) is 5.41 Å². The maximum absolute atomic E-state index is 2.71. The van der Waals surface area contributed by atoms with E-state index in [9.17, 15) is 0 Å². The molecule has 1 nitrogen and oxygen atoms in total. The van der Waals surface area contributed by atoms with Gasteiger partial charge in [0, 0.05) is 26.9 Å². The van der Waals surface area contributed by atoms with Crippen LogP contribution in [0.15, 0.2) is 295 Å². The molecule has 0 radical (unpaired) electrons. The zero-order valence-corrected chi connectivity index (χ0v) is 40.3. The van der Waals surface area contributed by atoms with Crippen molar-refractivity contribution >= 4 is 57.6 Å². The highest BCUT2D eigenvalue weighted by Crippen LogP contribution is 2.57. The van der Waals surface area contributed by atoms with Crippen LogP contribution in [-0.2, 0) is 5.41 Å². The minimum absolute atomic E-state index is 0.516. The largest absolute Gasteiger partial charge is 0.310 e. The van der Waals surface area contributed by atoms with Gasteiger partial charge in [0.15, 0.2) is 8.07 Å². The average molecular weight is 926 g/mol. The first kappa shape index (κ1) is 41.9. The fourth-order valence-corrected chi connectivity index (χ4v) is 18.8. The van der Waals surface area contributed by atoms with Crippen molar-refractivity contribution in [1.82, 2.24) is 0 Å². The van der Waals surface area contributed by atoms with Crippen LogP contribution in [-0.4, -0.2) is 8.07 Å². The lowest BCUT2D eigenvalue weighted by molar-refractivity contribution is 0.768.